The van der Waals surface area contributed by atoms with E-state index in [-0.39, 0.29) is 12.5 Å². The Morgan fingerprint density at radius 2 is 1.68 bits per heavy atom. The highest BCUT2D eigenvalue weighted by molar-refractivity contribution is 6.09. The van der Waals surface area contributed by atoms with Crippen molar-refractivity contribution in [3.05, 3.63) is 77.9 Å². The lowest BCUT2D eigenvalue weighted by atomic mass is 9.91. The van der Waals surface area contributed by atoms with Gasteiger partial charge < -0.3 is 15.5 Å². The Morgan fingerprint density at radius 1 is 1.00 bits per heavy atom. The molecule has 3 aromatic rings. The predicted molar refractivity (Wildman–Crippen MR) is 129 cm³/mol. The second-order valence-corrected chi connectivity index (χ2v) is 8.64. The third-order valence-electron chi connectivity index (χ3n) is 6.07. The molecule has 1 saturated heterocycles. The first-order chi connectivity index (χ1) is 16.2. The van der Waals surface area contributed by atoms with Crippen LogP contribution in [0.5, 0.6) is 0 Å². The van der Waals surface area contributed by atoms with Gasteiger partial charge in [0, 0.05) is 18.1 Å². The lowest BCUT2D eigenvalue weighted by Crippen LogP contribution is -2.45. The zero-order valence-corrected chi connectivity index (χ0v) is 19.3. The van der Waals surface area contributed by atoms with Crippen LogP contribution in [0.4, 0.5) is 10.5 Å². The summed E-state index contributed by atoms with van der Waals surface area (Å²) in [7, 11) is 1.46. The van der Waals surface area contributed by atoms with E-state index in [1.54, 1.807) is 25.1 Å². The van der Waals surface area contributed by atoms with Crippen LogP contribution in [0.1, 0.15) is 18.1 Å². The van der Waals surface area contributed by atoms with Crippen molar-refractivity contribution in [2.24, 2.45) is 0 Å². The summed E-state index contributed by atoms with van der Waals surface area (Å²) in [6.07, 6.45) is 0. The van der Waals surface area contributed by atoms with Crippen molar-refractivity contribution in [1.82, 2.24) is 15.1 Å². The standard InChI is InChI=1S/C26H26N4O4/c1-17-11-13-19(14-12-17)26(2)24(33)30(25(34)28-26)16-23(32)29(3)15-22(31)27-21-10-6-8-18-7-4-5-9-20(18)21/h4-14H,15-16H2,1-3H3,(H,27,31)(H,28,34)/t26-/m0/s1. The minimum absolute atomic E-state index is 0.221. The molecule has 8 heteroatoms. The van der Waals surface area contributed by atoms with E-state index in [9.17, 15) is 19.2 Å². The van der Waals surface area contributed by atoms with E-state index in [0.29, 0.717) is 11.3 Å². The summed E-state index contributed by atoms with van der Waals surface area (Å²) in [6, 6.07) is 19.9. The van der Waals surface area contributed by atoms with Crippen molar-refractivity contribution in [2.75, 3.05) is 25.5 Å². The van der Waals surface area contributed by atoms with Gasteiger partial charge in [0.1, 0.15) is 12.1 Å². The number of imide groups is 1. The fraction of sp³-hybridized carbons (Fsp3) is 0.231. The molecule has 0 unspecified atom stereocenters. The van der Waals surface area contributed by atoms with Crippen molar-refractivity contribution in [3.8, 4) is 0 Å². The normalized spacial score (nSPS) is 17.6. The molecule has 0 aromatic heterocycles. The van der Waals surface area contributed by atoms with E-state index in [4.69, 9.17) is 0 Å². The summed E-state index contributed by atoms with van der Waals surface area (Å²) in [5.74, 6) is -1.41. The first-order valence-corrected chi connectivity index (χ1v) is 10.9. The Bertz CT molecular complexity index is 1280. The van der Waals surface area contributed by atoms with Crippen molar-refractivity contribution in [2.45, 2.75) is 19.4 Å². The van der Waals surface area contributed by atoms with Crippen LogP contribution in [0.25, 0.3) is 10.8 Å². The molecule has 1 aliphatic rings. The van der Waals surface area contributed by atoms with Gasteiger partial charge in [-0.25, -0.2) is 4.79 Å². The highest BCUT2D eigenvalue weighted by Crippen LogP contribution is 2.29. The van der Waals surface area contributed by atoms with E-state index in [2.05, 4.69) is 10.6 Å². The monoisotopic (exact) mass is 458 g/mol. The number of benzene rings is 3. The summed E-state index contributed by atoms with van der Waals surface area (Å²) in [4.78, 5) is 53.0. The molecule has 2 N–H and O–H groups in total. The van der Waals surface area contributed by atoms with Gasteiger partial charge in [0.05, 0.1) is 6.54 Å². The quantitative estimate of drug-likeness (QED) is 0.555. The molecule has 0 aliphatic carbocycles. The van der Waals surface area contributed by atoms with Crippen molar-refractivity contribution < 1.29 is 19.2 Å². The van der Waals surface area contributed by atoms with Crippen molar-refractivity contribution >= 4 is 40.2 Å². The van der Waals surface area contributed by atoms with Crippen LogP contribution in [0.3, 0.4) is 0 Å². The van der Waals surface area contributed by atoms with Crippen LogP contribution in [-0.2, 0) is 19.9 Å². The summed E-state index contributed by atoms with van der Waals surface area (Å²) in [5, 5.41) is 7.39. The summed E-state index contributed by atoms with van der Waals surface area (Å²) in [6.45, 7) is 2.87. The zero-order valence-electron chi connectivity index (χ0n) is 19.3. The molecule has 1 atom stereocenters. The molecule has 8 nitrogen and oxygen atoms in total. The van der Waals surface area contributed by atoms with E-state index < -0.39 is 29.9 Å². The van der Waals surface area contributed by atoms with Gasteiger partial charge in [-0.05, 0) is 30.9 Å². The zero-order chi connectivity index (χ0) is 24.5. The smallest absolute Gasteiger partial charge is 0.325 e. The van der Waals surface area contributed by atoms with E-state index in [1.807, 2.05) is 55.5 Å². The Kier molecular flexibility index (Phi) is 6.06. The molecule has 0 spiro atoms. The average molecular weight is 459 g/mol. The van der Waals surface area contributed by atoms with E-state index in [0.717, 1.165) is 21.2 Å². The molecule has 0 radical (unpaired) electrons. The van der Waals surface area contributed by atoms with Gasteiger partial charge in [0.2, 0.25) is 11.8 Å². The van der Waals surface area contributed by atoms with Gasteiger partial charge in [-0.15, -0.1) is 0 Å². The number of amides is 5. The molecular formula is C26H26N4O4. The van der Waals surface area contributed by atoms with Crippen LogP contribution in [0, 0.1) is 6.92 Å². The minimum atomic E-state index is -1.25. The number of hydrogen-bond acceptors (Lipinski definition) is 4. The fourth-order valence-electron chi connectivity index (χ4n) is 4.01. The Morgan fingerprint density at radius 3 is 2.41 bits per heavy atom. The van der Waals surface area contributed by atoms with Crippen LogP contribution in [-0.4, -0.2) is 53.7 Å². The number of carbonyl (C=O) groups is 4. The first kappa shape index (κ1) is 23.0. The van der Waals surface area contributed by atoms with Gasteiger partial charge in [-0.1, -0.05) is 66.2 Å². The van der Waals surface area contributed by atoms with Crippen molar-refractivity contribution in [3.63, 3.8) is 0 Å². The Balaban J connectivity index is 1.40. The molecule has 0 bridgehead atoms. The predicted octanol–water partition coefficient (Wildman–Crippen LogP) is 3.01. The molecule has 3 aromatic carbocycles. The van der Waals surface area contributed by atoms with Gasteiger partial charge >= 0.3 is 6.03 Å². The largest absolute Gasteiger partial charge is 0.335 e. The number of anilines is 1. The van der Waals surface area contributed by atoms with Crippen LogP contribution in [0.2, 0.25) is 0 Å². The SMILES string of the molecule is Cc1ccc([C@]2(C)NC(=O)N(CC(=O)N(C)CC(=O)Nc3cccc4ccccc34)C2=O)cc1. The molecule has 4 rings (SSSR count). The number of urea groups is 1. The molecule has 34 heavy (non-hydrogen) atoms. The highest BCUT2D eigenvalue weighted by atomic mass is 16.2. The van der Waals surface area contributed by atoms with Gasteiger partial charge in [-0.3, -0.25) is 19.3 Å². The molecule has 174 valence electrons. The van der Waals surface area contributed by atoms with E-state index >= 15 is 0 Å². The Hall–Kier alpha value is -4.20. The maximum absolute atomic E-state index is 13.1. The maximum Gasteiger partial charge on any atom is 0.325 e. The van der Waals surface area contributed by atoms with Crippen LogP contribution < -0.4 is 10.6 Å². The number of rotatable bonds is 6. The highest BCUT2D eigenvalue weighted by Gasteiger charge is 2.49. The van der Waals surface area contributed by atoms with Crippen LogP contribution in [0.15, 0.2) is 66.7 Å². The third kappa shape index (κ3) is 4.34. The number of aryl methyl sites for hydroxylation is 1. The van der Waals surface area contributed by atoms with Crippen molar-refractivity contribution in [1.29, 1.82) is 0 Å². The molecular weight excluding hydrogens is 432 g/mol. The van der Waals surface area contributed by atoms with Crippen LogP contribution >= 0.6 is 0 Å². The van der Waals surface area contributed by atoms with Gasteiger partial charge in [-0.2, -0.15) is 0 Å². The Labute approximate surface area is 197 Å². The first-order valence-electron chi connectivity index (χ1n) is 10.9. The molecule has 1 aliphatic heterocycles. The second-order valence-electron chi connectivity index (χ2n) is 8.64. The summed E-state index contributed by atoms with van der Waals surface area (Å²) >= 11 is 0. The van der Waals surface area contributed by atoms with Gasteiger partial charge in [0.15, 0.2) is 0 Å². The molecule has 1 heterocycles. The second kappa shape index (κ2) is 8.97. The number of likely N-dealkylation sites (N-methyl/N-ethyl adjacent to an activating group) is 1. The number of nitrogens with zero attached hydrogens (tertiary/aromatic N) is 2. The fourth-order valence-corrected chi connectivity index (χ4v) is 4.01. The van der Waals surface area contributed by atoms with E-state index in [1.165, 1.54) is 11.9 Å². The molecule has 0 saturated carbocycles. The molecule has 5 amide bonds. The number of nitrogens with one attached hydrogen (secondary N) is 2. The number of hydrogen-bond donors (Lipinski definition) is 2. The average Bonchev–Trinajstić information content (AvgIpc) is 3.03. The third-order valence-corrected chi connectivity index (χ3v) is 6.07. The lowest BCUT2D eigenvalue weighted by Gasteiger charge is -2.23. The maximum atomic E-state index is 13.1. The topological polar surface area (TPSA) is 98.8 Å². The number of fused-ring (bicyclic) bond motifs is 1. The molecule has 1 fully saturated rings. The lowest BCUT2D eigenvalue weighted by molar-refractivity contribution is -0.139. The minimum Gasteiger partial charge on any atom is -0.335 e. The summed E-state index contributed by atoms with van der Waals surface area (Å²) in [5.41, 5.74) is 1.05. The summed E-state index contributed by atoms with van der Waals surface area (Å²) < 4.78 is 0. The number of carbonyl (C=O) groups excluding carboxylic acids is 4. The van der Waals surface area contributed by atoms with Gasteiger partial charge in [0.25, 0.3) is 5.91 Å².